The number of rotatable bonds is 5. The molecule has 0 spiro atoms. The molecule has 0 bridgehead atoms. The first kappa shape index (κ1) is 13.8. The van der Waals surface area contributed by atoms with Crippen LogP contribution in [0.3, 0.4) is 0 Å². The van der Waals surface area contributed by atoms with Crippen LogP contribution in [0, 0.1) is 0 Å². The maximum Gasteiger partial charge on any atom is 0.186 e. The molecule has 2 rings (SSSR count). The van der Waals surface area contributed by atoms with Crippen LogP contribution in [0.5, 0.6) is 0 Å². The second kappa shape index (κ2) is 5.59. The van der Waals surface area contributed by atoms with Crippen molar-refractivity contribution in [1.82, 2.24) is 20.1 Å². The Morgan fingerprint density at radius 3 is 3.00 bits per heavy atom. The van der Waals surface area contributed by atoms with Crippen LogP contribution in [0.15, 0.2) is 11.5 Å². The SMILES string of the molecule is CC(C)NC1(CO)CCC(Sc2ncnn2C)C1. The average Bonchev–Trinajstić information content (AvgIpc) is 2.88. The minimum Gasteiger partial charge on any atom is -0.394 e. The minimum atomic E-state index is -0.107. The highest BCUT2D eigenvalue weighted by Crippen LogP contribution is 2.39. The predicted molar refractivity (Wildman–Crippen MR) is 72.6 cm³/mol. The zero-order chi connectivity index (χ0) is 13.2. The highest BCUT2D eigenvalue weighted by atomic mass is 32.2. The number of nitrogens with one attached hydrogen (secondary N) is 1. The maximum atomic E-state index is 9.66. The van der Waals surface area contributed by atoms with E-state index in [-0.39, 0.29) is 12.1 Å². The smallest absolute Gasteiger partial charge is 0.186 e. The van der Waals surface area contributed by atoms with Gasteiger partial charge in [-0.15, -0.1) is 0 Å². The molecule has 2 unspecified atom stereocenters. The molecule has 0 radical (unpaired) electrons. The van der Waals surface area contributed by atoms with Gasteiger partial charge in [-0.1, -0.05) is 25.6 Å². The fourth-order valence-corrected chi connectivity index (χ4v) is 3.90. The summed E-state index contributed by atoms with van der Waals surface area (Å²) < 4.78 is 1.81. The molecule has 6 heteroatoms. The number of hydrogen-bond acceptors (Lipinski definition) is 5. The molecule has 102 valence electrons. The van der Waals surface area contributed by atoms with Crippen LogP contribution in [0.1, 0.15) is 33.1 Å². The number of aliphatic hydroxyl groups is 1. The van der Waals surface area contributed by atoms with Crippen LogP contribution >= 0.6 is 11.8 Å². The zero-order valence-electron chi connectivity index (χ0n) is 11.3. The first-order chi connectivity index (χ1) is 8.54. The Labute approximate surface area is 112 Å². The van der Waals surface area contributed by atoms with Crippen molar-refractivity contribution in [2.75, 3.05) is 6.61 Å². The number of aromatic nitrogens is 3. The molecule has 2 atom stereocenters. The molecule has 1 aliphatic rings. The topological polar surface area (TPSA) is 63.0 Å². The third kappa shape index (κ3) is 3.05. The van der Waals surface area contributed by atoms with Crippen LogP contribution in [0.4, 0.5) is 0 Å². The quantitative estimate of drug-likeness (QED) is 0.841. The first-order valence-corrected chi connectivity index (χ1v) is 7.32. The van der Waals surface area contributed by atoms with Crippen molar-refractivity contribution >= 4 is 11.8 Å². The van der Waals surface area contributed by atoms with Gasteiger partial charge in [0.25, 0.3) is 0 Å². The number of hydrogen-bond donors (Lipinski definition) is 2. The minimum absolute atomic E-state index is 0.107. The lowest BCUT2D eigenvalue weighted by atomic mass is 9.98. The fourth-order valence-electron chi connectivity index (χ4n) is 2.65. The molecule has 5 nitrogen and oxygen atoms in total. The summed E-state index contributed by atoms with van der Waals surface area (Å²) >= 11 is 1.77. The Balaban J connectivity index is 1.96. The van der Waals surface area contributed by atoms with E-state index in [1.54, 1.807) is 22.8 Å². The Bertz CT molecular complexity index is 395. The number of aliphatic hydroxyl groups excluding tert-OH is 1. The number of nitrogens with zero attached hydrogens (tertiary/aromatic N) is 3. The van der Waals surface area contributed by atoms with Gasteiger partial charge in [-0.05, 0) is 19.3 Å². The van der Waals surface area contributed by atoms with E-state index in [0.717, 1.165) is 24.4 Å². The molecule has 0 saturated heterocycles. The van der Waals surface area contributed by atoms with Gasteiger partial charge in [0.1, 0.15) is 6.33 Å². The molecule has 1 heterocycles. The predicted octanol–water partition coefficient (Wildman–Crippen LogP) is 1.19. The van der Waals surface area contributed by atoms with Crippen LogP contribution in [0.25, 0.3) is 0 Å². The number of aryl methyl sites for hydroxylation is 1. The first-order valence-electron chi connectivity index (χ1n) is 6.44. The van der Waals surface area contributed by atoms with Gasteiger partial charge >= 0.3 is 0 Å². The molecule has 1 aromatic heterocycles. The third-order valence-electron chi connectivity index (χ3n) is 3.40. The second-order valence-electron chi connectivity index (χ2n) is 5.39. The second-order valence-corrected chi connectivity index (χ2v) is 6.65. The normalized spacial score (nSPS) is 28.2. The van der Waals surface area contributed by atoms with Crippen molar-refractivity contribution < 1.29 is 5.11 Å². The maximum absolute atomic E-state index is 9.66. The van der Waals surface area contributed by atoms with E-state index in [1.807, 2.05) is 7.05 Å². The van der Waals surface area contributed by atoms with Crippen LogP contribution in [-0.4, -0.2) is 43.3 Å². The fraction of sp³-hybridized carbons (Fsp3) is 0.833. The Kier molecular flexibility index (Phi) is 4.29. The Morgan fingerprint density at radius 2 is 2.44 bits per heavy atom. The van der Waals surface area contributed by atoms with Gasteiger partial charge in [0.15, 0.2) is 5.16 Å². The summed E-state index contributed by atoms with van der Waals surface area (Å²) in [4.78, 5) is 4.25. The van der Waals surface area contributed by atoms with E-state index in [1.165, 1.54) is 0 Å². The average molecular weight is 270 g/mol. The summed E-state index contributed by atoms with van der Waals surface area (Å²) in [6.07, 6.45) is 4.71. The molecule has 1 saturated carbocycles. The van der Waals surface area contributed by atoms with Gasteiger partial charge in [0, 0.05) is 23.9 Å². The highest BCUT2D eigenvalue weighted by Gasteiger charge is 2.39. The van der Waals surface area contributed by atoms with Crippen LogP contribution in [0.2, 0.25) is 0 Å². The van der Waals surface area contributed by atoms with Gasteiger partial charge < -0.3 is 10.4 Å². The summed E-state index contributed by atoms with van der Waals surface area (Å²) in [6.45, 7) is 4.46. The summed E-state index contributed by atoms with van der Waals surface area (Å²) in [5.74, 6) is 0. The van der Waals surface area contributed by atoms with E-state index in [4.69, 9.17) is 0 Å². The molecule has 1 aliphatic carbocycles. The zero-order valence-corrected chi connectivity index (χ0v) is 12.1. The van der Waals surface area contributed by atoms with E-state index in [0.29, 0.717) is 11.3 Å². The van der Waals surface area contributed by atoms with Crippen LogP contribution < -0.4 is 5.32 Å². The van der Waals surface area contributed by atoms with Crippen molar-refractivity contribution in [3.05, 3.63) is 6.33 Å². The van der Waals surface area contributed by atoms with E-state index < -0.39 is 0 Å². The standard InChI is InChI=1S/C12H22N4OS/c1-9(2)15-12(7-17)5-4-10(6-12)18-11-13-8-14-16(11)3/h8-10,15,17H,4-7H2,1-3H3. The molecule has 2 N–H and O–H groups in total. The summed E-state index contributed by atoms with van der Waals surface area (Å²) in [7, 11) is 1.91. The van der Waals surface area contributed by atoms with Crippen molar-refractivity contribution in [3.8, 4) is 0 Å². The largest absolute Gasteiger partial charge is 0.394 e. The van der Waals surface area contributed by atoms with E-state index >= 15 is 0 Å². The van der Waals surface area contributed by atoms with Crippen molar-refractivity contribution in [3.63, 3.8) is 0 Å². The molecule has 18 heavy (non-hydrogen) atoms. The molecular weight excluding hydrogens is 248 g/mol. The molecule has 0 aromatic carbocycles. The molecule has 1 aromatic rings. The summed E-state index contributed by atoms with van der Waals surface area (Å²) in [5.41, 5.74) is -0.107. The Morgan fingerprint density at radius 1 is 1.67 bits per heavy atom. The lowest BCUT2D eigenvalue weighted by Crippen LogP contribution is -2.49. The molecule has 1 fully saturated rings. The molecular formula is C12H22N4OS. The molecule has 0 amide bonds. The summed E-state index contributed by atoms with van der Waals surface area (Å²) in [5, 5.41) is 18.7. The van der Waals surface area contributed by atoms with Crippen LogP contribution in [-0.2, 0) is 7.05 Å². The van der Waals surface area contributed by atoms with Crippen molar-refractivity contribution in [2.24, 2.45) is 7.05 Å². The molecule has 0 aliphatic heterocycles. The van der Waals surface area contributed by atoms with Gasteiger partial charge in [-0.2, -0.15) is 5.10 Å². The van der Waals surface area contributed by atoms with Gasteiger partial charge in [-0.25, -0.2) is 9.67 Å². The third-order valence-corrected chi connectivity index (χ3v) is 4.72. The van der Waals surface area contributed by atoms with Gasteiger partial charge in [-0.3, -0.25) is 0 Å². The van der Waals surface area contributed by atoms with E-state index in [9.17, 15) is 5.11 Å². The van der Waals surface area contributed by atoms with Gasteiger partial charge in [0.2, 0.25) is 0 Å². The lowest BCUT2D eigenvalue weighted by molar-refractivity contribution is 0.156. The highest BCUT2D eigenvalue weighted by molar-refractivity contribution is 7.99. The Hall–Kier alpha value is -0.590. The monoisotopic (exact) mass is 270 g/mol. The van der Waals surface area contributed by atoms with Crippen molar-refractivity contribution in [2.45, 2.75) is 55.1 Å². The number of thioether (sulfide) groups is 1. The van der Waals surface area contributed by atoms with Crippen molar-refractivity contribution in [1.29, 1.82) is 0 Å². The van der Waals surface area contributed by atoms with Gasteiger partial charge in [0.05, 0.1) is 6.61 Å². The van der Waals surface area contributed by atoms with E-state index in [2.05, 4.69) is 29.2 Å². The summed E-state index contributed by atoms with van der Waals surface area (Å²) in [6, 6.07) is 0.399. The lowest BCUT2D eigenvalue weighted by Gasteiger charge is -2.31.